The van der Waals surface area contributed by atoms with Crippen LogP contribution in [0, 0.1) is 0 Å². The van der Waals surface area contributed by atoms with Gasteiger partial charge in [-0.3, -0.25) is 4.79 Å². The number of halogens is 2. The topological polar surface area (TPSA) is 92.6 Å². The number of ether oxygens (including phenoxy) is 1. The number of nitrogens with zero attached hydrogens (tertiary/aromatic N) is 3. The average Bonchev–Trinajstić information content (AvgIpc) is 3.09. The molecule has 0 radical (unpaired) electrons. The standard InChI is InChI=1S/C16H13Cl2N3O4/c17-9-3-1-5-12(14(9)18)25-13-7-6-10(19-20-13)15(22)21-8-2-4-11(21)16(23)24/h1,3,5-7,11H,2,4,8H2,(H,23,24)/t11-/m1/s1. The van der Waals surface area contributed by atoms with Gasteiger partial charge in [-0.25, -0.2) is 4.79 Å². The molecule has 1 aliphatic heterocycles. The number of benzene rings is 1. The minimum atomic E-state index is -1.02. The average molecular weight is 382 g/mol. The highest BCUT2D eigenvalue weighted by Gasteiger charge is 2.35. The molecule has 1 aromatic carbocycles. The van der Waals surface area contributed by atoms with Crippen LogP contribution in [0.15, 0.2) is 30.3 Å². The summed E-state index contributed by atoms with van der Waals surface area (Å²) in [5.41, 5.74) is 0.0534. The zero-order valence-corrected chi connectivity index (χ0v) is 14.4. The first kappa shape index (κ1) is 17.4. The number of aromatic nitrogens is 2. The third-order valence-corrected chi connectivity index (χ3v) is 4.59. The molecule has 1 saturated heterocycles. The van der Waals surface area contributed by atoms with E-state index in [9.17, 15) is 9.59 Å². The van der Waals surface area contributed by atoms with Gasteiger partial charge in [0.15, 0.2) is 5.69 Å². The van der Waals surface area contributed by atoms with Crippen LogP contribution < -0.4 is 4.74 Å². The monoisotopic (exact) mass is 381 g/mol. The molecule has 0 saturated carbocycles. The van der Waals surface area contributed by atoms with E-state index in [1.165, 1.54) is 17.0 Å². The summed E-state index contributed by atoms with van der Waals surface area (Å²) < 4.78 is 5.50. The SMILES string of the molecule is O=C(O)[C@H]1CCCN1C(=O)c1ccc(Oc2cccc(Cl)c2Cl)nn1. The first-order chi connectivity index (χ1) is 12.0. The Labute approximate surface area is 153 Å². The van der Waals surface area contributed by atoms with Gasteiger partial charge < -0.3 is 14.7 Å². The molecule has 0 aliphatic carbocycles. The number of hydrogen-bond donors (Lipinski definition) is 1. The maximum atomic E-state index is 12.4. The lowest BCUT2D eigenvalue weighted by atomic mass is 10.2. The van der Waals surface area contributed by atoms with Crippen LogP contribution in [-0.2, 0) is 4.79 Å². The normalized spacial score (nSPS) is 16.7. The van der Waals surface area contributed by atoms with Gasteiger partial charge in [-0.15, -0.1) is 10.2 Å². The summed E-state index contributed by atoms with van der Waals surface area (Å²) in [7, 11) is 0. The smallest absolute Gasteiger partial charge is 0.326 e. The van der Waals surface area contributed by atoms with Crippen LogP contribution in [0.1, 0.15) is 23.3 Å². The molecule has 1 atom stereocenters. The van der Waals surface area contributed by atoms with Gasteiger partial charge in [0, 0.05) is 12.6 Å². The summed E-state index contributed by atoms with van der Waals surface area (Å²) in [4.78, 5) is 24.9. The van der Waals surface area contributed by atoms with Crippen molar-refractivity contribution in [2.75, 3.05) is 6.54 Å². The Bertz CT molecular complexity index is 814. The predicted molar refractivity (Wildman–Crippen MR) is 90.3 cm³/mol. The van der Waals surface area contributed by atoms with Crippen LogP contribution in [0.5, 0.6) is 11.6 Å². The third kappa shape index (κ3) is 3.67. The lowest BCUT2D eigenvalue weighted by Crippen LogP contribution is -2.40. The highest BCUT2D eigenvalue weighted by atomic mass is 35.5. The molecule has 1 aliphatic rings. The van der Waals surface area contributed by atoms with Crippen molar-refractivity contribution in [3.05, 3.63) is 46.1 Å². The first-order valence-electron chi connectivity index (χ1n) is 7.46. The molecule has 0 bridgehead atoms. The Balaban J connectivity index is 1.75. The molecule has 0 unspecified atom stereocenters. The van der Waals surface area contributed by atoms with Crippen molar-refractivity contribution in [1.82, 2.24) is 15.1 Å². The zero-order valence-electron chi connectivity index (χ0n) is 12.9. The van der Waals surface area contributed by atoms with Gasteiger partial charge in [-0.1, -0.05) is 29.3 Å². The number of amides is 1. The number of carbonyl (C=O) groups is 2. The minimum absolute atomic E-state index is 0.0534. The quantitative estimate of drug-likeness (QED) is 0.873. The number of carboxylic acids is 1. The fourth-order valence-electron chi connectivity index (χ4n) is 2.58. The second kappa shape index (κ2) is 7.25. The van der Waals surface area contributed by atoms with E-state index in [0.29, 0.717) is 30.2 Å². The van der Waals surface area contributed by atoms with Crippen LogP contribution in [0.25, 0.3) is 0 Å². The van der Waals surface area contributed by atoms with Gasteiger partial charge in [0.25, 0.3) is 5.91 Å². The number of carboxylic acid groups (broad SMARTS) is 1. The minimum Gasteiger partial charge on any atom is -0.480 e. The molecule has 2 heterocycles. The van der Waals surface area contributed by atoms with Crippen molar-refractivity contribution >= 4 is 35.1 Å². The molecular weight excluding hydrogens is 369 g/mol. The van der Waals surface area contributed by atoms with E-state index in [1.807, 2.05) is 0 Å². The van der Waals surface area contributed by atoms with Crippen LogP contribution in [0.4, 0.5) is 0 Å². The Morgan fingerprint density at radius 3 is 2.68 bits per heavy atom. The van der Waals surface area contributed by atoms with Gasteiger partial charge in [-0.05, 0) is 31.0 Å². The molecule has 25 heavy (non-hydrogen) atoms. The van der Waals surface area contributed by atoms with Crippen molar-refractivity contribution in [2.24, 2.45) is 0 Å². The number of aliphatic carboxylic acids is 1. The highest BCUT2D eigenvalue weighted by molar-refractivity contribution is 6.42. The molecule has 1 N–H and O–H groups in total. The fourth-order valence-corrected chi connectivity index (χ4v) is 2.91. The van der Waals surface area contributed by atoms with Gasteiger partial charge in [-0.2, -0.15) is 0 Å². The maximum absolute atomic E-state index is 12.4. The van der Waals surface area contributed by atoms with Crippen molar-refractivity contribution in [2.45, 2.75) is 18.9 Å². The molecule has 1 fully saturated rings. The van der Waals surface area contributed by atoms with Crippen LogP contribution in [-0.4, -0.2) is 44.7 Å². The summed E-state index contributed by atoms with van der Waals surface area (Å²) in [6, 6.07) is 6.99. The molecular formula is C16H13Cl2N3O4. The molecule has 0 spiro atoms. The molecule has 1 amide bonds. The van der Waals surface area contributed by atoms with E-state index >= 15 is 0 Å². The van der Waals surface area contributed by atoms with Crippen molar-refractivity contribution < 1.29 is 19.4 Å². The third-order valence-electron chi connectivity index (χ3n) is 3.79. The molecule has 2 aromatic rings. The van der Waals surface area contributed by atoms with Crippen LogP contribution in [0.2, 0.25) is 10.0 Å². The van der Waals surface area contributed by atoms with E-state index in [0.717, 1.165) is 0 Å². The Morgan fingerprint density at radius 1 is 1.20 bits per heavy atom. The number of rotatable bonds is 4. The Kier molecular flexibility index (Phi) is 5.06. The van der Waals surface area contributed by atoms with Crippen molar-refractivity contribution in [3.63, 3.8) is 0 Å². The lowest BCUT2D eigenvalue weighted by molar-refractivity contribution is -0.141. The number of hydrogen-bond acceptors (Lipinski definition) is 5. The summed E-state index contributed by atoms with van der Waals surface area (Å²) in [6.45, 7) is 0.383. The zero-order chi connectivity index (χ0) is 18.0. The molecule has 3 rings (SSSR count). The van der Waals surface area contributed by atoms with E-state index in [-0.39, 0.29) is 16.6 Å². The van der Waals surface area contributed by atoms with Gasteiger partial charge in [0.05, 0.1) is 5.02 Å². The summed E-state index contributed by atoms with van der Waals surface area (Å²) >= 11 is 11.9. The molecule has 1 aromatic heterocycles. The molecule has 9 heteroatoms. The second-order valence-corrected chi connectivity index (χ2v) is 6.19. The summed E-state index contributed by atoms with van der Waals surface area (Å²) in [5, 5.41) is 17.4. The summed E-state index contributed by atoms with van der Waals surface area (Å²) in [6.07, 6.45) is 1.08. The first-order valence-corrected chi connectivity index (χ1v) is 8.22. The maximum Gasteiger partial charge on any atom is 0.326 e. The predicted octanol–water partition coefficient (Wildman–Crippen LogP) is 3.26. The van der Waals surface area contributed by atoms with E-state index in [1.54, 1.807) is 18.2 Å². The fraction of sp³-hybridized carbons (Fsp3) is 0.250. The Morgan fingerprint density at radius 2 is 2.00 bits per heavy atom. The van der Waals surface area contributed by atoms with Gasteiger partial charge >= 0.3 is 5.97 Å². The lowest BCUT2D eigenvalue weighted by Gasteiger charge is -2.20. The van der Waals surface area contributed by atoms with E-state index in [4.69, 9.17) is 33.0 Å². The molecule has 7 nitrogen and oxygen atoms in total. The molecule has 130 valence electrons. The largest absolute Gasteiger partial charge is 0.480 e. The Hall–Kier alpha value is -2.38. The summed E-state index contributed by atoms with van der Waals surface area (Å²) in [5.74, 6) is -1.04. The number of likely N-dealkylation sites (tertiary alicyclic amines) is 1. The van der Waals surface area contributed by atoms with Crippen LogP contribution in [0.3, 0.4) is 0 Å². The van der Waals surface area contributed by atoms with Crippen LogP contribution >= 0.6 is 23.2 Å². The van der Waals surface area contributed by atoms with Crippen molar-refractivity contribution in [1.29, 1.82) is 0 Å². The number of carbonyl (C=O) groups excluding carboxylic acids is 1. The van der Waals surface area contributed by atoms with E-state index in [2.05, 4.69) is 10.2 Å². The highest BCUT2D eigenvalue weighted by Crippen LogP contribution is 2.33. The van der Waals surface area contributed by atoms with Gasteiger partial charge in [0.2, 0.25) is 5.88 Å². The van der Waals surface area contributed by atoms with Gasteiger partial charge in [0.1, 0.15) is 16.8 Å². The second-order valence-electron chi connectivity index (χ2n) is 5.41. The van der Waals surface area contributed by atoms with Crippen molar-refractivity contribution in [3.8, 4) is 11.6 Å². The van der Waals surface area contributed by atoms with E-state index < -0.39 is 17.9 Å².